The lowest BCUT2D eigenvalue weighted by Gasteiger charge is -2.16. The first-order valence-corrected chi connectivity index (χ1v) is 7.51. The third kappa shape index (κ3) is 3.73. The van der Waals surface area contributed by atoms with Crippen LogP contribution in [0.4, 0.5) is 0 Å². The maximum atomic E-state index is 12.1. The standard InChI is InChI=1S/C15H16BrN3O3/c1-9(2)13(15(21)22)18-14(20)12-7-19(8-17-12)11-5-3-10(16)4-6-11/h3-9,13H,1-2H3,(H,18,20)(H,21,22). The van der Waals surface area contributed by atoms with E-state index in [4.69, 9.17) is 5.11 Å². The number of rotatable bonds is 5. The van der Waals surface area contributed by atoms with Gasteiger partial charge in [0, 0.05) is 16.4 Å². The van der Waals surface area contributed by atoms with E-state index < -0.39 is 17.9 Å². The van der Waals surface area contributed by atoms with Crippen LogP contribution in [-0.4, -0.2) is 32.6 Å². The average molecular weight is 366 g/mol. The Labute approximate surface area is 136 Å². The van der Waals surface area contributed by atoms with Gasteiger partial charge in [-0.3, -0.25) is 4.79 Å². The van der Waals surface area contributed by atoms with Crippen LogP contribution in [0.3, 0.4) is 0 Å². The number of benzene rings is 1. The molecular formula is C15H16BrN3O3. The molecule has 6 nitrogen and oxygen atoms in total. The predicted octanol–water partition coefficient (Wildman–Crippen LogP) is 2.47. The van der Waals surface area contributed by atoms with Gasteiger partial charge in [0.15, 0.2) is 0 Å². The van der Waals surface area contributed by atoms with E-state index in [1.807, 2.05) is 24.3 Å². The van der Waals surface area contributed by atoms with E-state index in [1.165, 1.54) is 6.33 Å². The fourth-order valence-corrected chi connectivity index (χ4v) is 2.19. The van der Waals surface area contributed by atoms with Crippen molar-refractivity contribution in [2.75, 3.05) is 0 Å². The number of carboxylic acid groups (broad SMARTS) is 1. The highest BCUT2D eigenvalue weighted by atomic mass is 79.9. The van der Waals surface area contributed by atoms with Gasteiger partial charge in [-0.05, 0) is 30.2 Å². The molecule has 1 amide bonds. The summed E-state index contributed by atoms with van der Waals surface area (Å²) in [6.07, 6.45) is 3.08. The second kappa shape index (κ2) is 6.74. The molecule has 0 bridgehead atoms. The second-order valence-corrected chi connectivity index (χ2v) is 6.09. The molecule has 0 radical (unpaired) electrons. The Hall–Kier alpha value is -2.15. The van der Waals surface area contributed by atoms with Gasteiger partial charge in [-0.1, -0.05) is 29.8 Å². The number of nitrogens with one attached hydrogen (secondary N) is 1. The Morgan fingerprint density at radius 1 is 1.27 bits per heavy atom. The van der Waals surface area contributed by atoms with Gasteiger partial charge in [0.25, 0.3) is 5.91 Å². The molecule has 1 heterocycles. The summed E-state index contributed by atoms with van der Waals surface area (Å²) >= 11 is 3.36. The fraction of sp³-hybridized carbons (Fsp3) is 0.267. The van der Waals surface area contributed by atoms with E-state index in [0.717, 1.165) is 10.2 Å². The lowest BCUT2D eigenvalue weighted by Crippen LogP contribution is -2.44. The molecule has 2 rings (SSSR count). The minimum atomic E-state index is -1.06. The van der Waals surface area contributed by atoms with Gasteiger partial charge in [0.1, 0.15) is 18.1 Å². The van der Waals surface area contributed by atoms with Crippen LogP contribution in [0.5, 0.6) is 0 Å². The number of amides is 1. The Kier molecular flexibility index (Phi) is 4.97. The van der Waals surface area contributed by atoms with Gasteiger partial charge in [0.05, 0.1) is 0 Å². The summed E-state index contributed by atoms with van der Waals surface area (Å²) in [7, 11) is 0. The number of hydrogen-bond donors (Lipinski definition) is 2. The first-order chi connectivity index (χ1) is 10.4. The number of imidazole rings is 1. The third-order valence-electron chi connectivity index (χ3n) is 3.16. The van der Waals surface area contributed by atoms with Crippen LogP contribution in [0, 0.1) is 5.92 Å². The zero-order valence-corrected chi connectivity index (χ0v) is 13.7. The average Bonchev–Trinajstić information content (AvgIpc) is 2.94. The van der Waals surface area contributed by atoms with Gasteiger partial charge in [-0.15, -0.1) is 0 Å². The monoisotopic (exact) mass is 365 g/mol. The molecule has 0 spiro atoms. The summed E-state index contributed by atoms with van der Waals surface area (Å²) in [6, 6.07) is 6.58. The molecule has 1 unspecified atom stereocenters. The molecule has 0 aliphatic rings. The number of aromatic nitrogens is 2. The summed E-state index contributed by atoms with van der Waals surface area (Å²) < 4.78 is 2.66. The molecule has 0 aliphatic carbocycles. The van der Waals surface area contributed by atoms with Gasteiger partial charge < -0.3 is 15.0 Å². The van der Waals surface area contributed by atoms with Crippen LogP contribution in [0.15, 0.2) is 41.3 Å². The van der Waals surface area contributed by atoms with Crippen molar-refractivity contribution >= 4 is 27.8 Å². The van der Waals surface area contributed by atoms with Crippen molar-refractivity contribution in [3.8, 4) is 5.69 Å². The highest BCUT2D eigenvalue weighted by Gasteiger charge is 2.24. The molecule has 22 heavy (non-hydrogen) atoms. The van der Waals surface area contributed by atoms with Crippen molar-refractivity contribution in [2.45, 2.75) is 19.9 Å². The highest BCUT2D eigenvalue weighted by Crippen LogP contribution is 2.14. The van der Waals surface area contributed by atoms with Gasteiger partial charge in [-0.2, -0.15) is 0 Å². The lowest BCUT2D eigenvalue weighted by molar-refractivity contribution is -0.140. The van der Waals surface area contributed by atoms with Crippen molar-refractivity contribution < 1.29 is 14.7 Å². The molecule has 7 heteroatoms. The first kappa shape index (κ1) is 16.2. The van der Waals surface area contributed by atoms with Crippen LogP contribution in [-0.2, 0) is 4.79 Å². The molecule has 1 aromatic heterocycles. The largest absolute Gasteiger partial charge is 0.480 e. The zero-order chi connectivity index (χ0) is 16.3. The maximum Gasteiger partial charge on any atom is 0.326 e. The molecule has 0 saturated heterocycles. The van der Waals surface area contributed by atoms with Gasteiger partial charge >= 0.3 is 5.97 Å². The van der Waals surface area contributed by atoms with E-state index in [9.17, 15) is 9.59 Å². The van der Waals surface area contributed by atoms with Crippen molar-refractivity contribution in [2.24, 2.45) is 5.92 Å². The first-order valence-electron chi connectivity index (χ1n) is 6.72. The normalized spacial score (nSPS) is 12.2. The van der Waals surface area contributed by atoms with Gasteiger partial charge in [-0.25, -0.2) is 9.78 Å². The number of aliphatic carboxylic acids is 1. The van der Waals surface area contributed by atoms with Crippen LogP contribution in [0.2, 0.25) is 0 Å². The number of carbonyl (C=O) groups is 2. The molecular weight excluding hydrogens is 350 g/mol. The molecule has 0 aliphatic heterocycles. The SMILES string of the molecule is CC(C)C(NC(=O)c1cn(-c2ccc(Br)cc2)cn1)C(=O)O. The lowest BCUT2D eigenvalue weighted by atomic mass is 10.0. The van der Waals surface area contributed by atoms with Crippen molar-refractivity contribution in [3.63, 3.8) is 0 Å². The molecule has 1 atom stereocenters. The Morgan fingerprint density at radius 3 is 2.45 bits per heavy atom. The Balaban J connectivity index is 2.15. The summed E-state index contributed by atoms with van der Waals surface area (Å²) in [6.45, 7) is 3.47. The van der Waals surface area contributed by atoms with E-state index in [-0.39, 0.29) is 11.6 Å². The summed E-state index contributed by atoms with van der Waals surface area (Å²) in [5, 5.41) is 11.6. The number of hydrogen-bond acceptors (Lipinski definition) is 3. The highest BCUT2D eigenvalue weighted by molar-refractivity contribution is 9.10. The third-order valence-corrected chi connectivity index (χ3v) is 3.69. The number of carboxylic acids is 1. The van der Waals surface area contributed by atoms with E-state index in [0.29, 0.717) is 0 Å². The molecule has 0 saturated carbocycles. The van der Waals surface area contributed by atoms with E-state index in [1.54, 1.807) is 24.6 Å². The molecule has 0 fully saturated rings. The fourth-order valence-electron chi connectivity index (χ4n) is 1.92. The van der Waals surface area contributed by atoms with Crippen LogP contribution in [0.1, 0.15) is 24.3 Å². The summed E-state index contributed by atoms with van der Waals surface area (Å²) in [5.74, 6) is -1.78. The molecule has 2 N–H and O–H groups in total. The van der Waals surface area contributed by atoms with Crippen molar-refractivity contribution in [3.05, 3.63) is 47.0 Å². The number of halogens is 1. The molecule has 116 valence electrons. The minimum Gasteiger partial charge on any atom is -0.480 e. The van der Waals surface area contributed by atoms with Gasteiger partial charge in [0.2, 0.25) is 0 Å². The maximum absolute atomic E-state index is 12.1. The van der Waals surface area contributed by atoms with Crippen LogP contribution in [0.25, 0.3) is 5.69 Å². The smallest absolute Gasteiger partial charge is 0.326 e. The zero-order valence-electron chi connectivity index (χ0n) is 12.2. The Morgan fingerprint density at radius 2 is 1.91 bits per heavy atom. The van der Waals surface area contributed by atoms with Crippen LogP contribution < -0.4 is 5.32 Å². The molecule has 2 aromatic rings. The summed E-state index contributed by atoms with van der Waals surface area (Å²) in [5.41, 5.74) is 1.03. The van der Waals surface area contributed by atoms with E-state index in [2.05, 4.69) is 26.2 Å². The number of nitrogens with zero attached hydrogens (tertiary/aromatic N) is 2. The second-order valence-electron chi connectivity index (χ2n) is 5.18. The van der Waals surface area contributed by atoms with Crippen molar-refractivity contribution in [1.29, 1.82) is 0 Å². The van der Waals surface area contributed by atoms with Crippen molar-refractivity contribution in [1.82, 2.24) is 14.9 Å². The predicted molar refractivity (Wildman–Crippen MR) is 85.0 cm³/mol. The topological polar surface area (TPSA) is 84.2 Å². The molecule has 1 aromatic carbocycles. The van der Waals surface area contributed by atoms with Crippen LogP contribution >= 0.6 is 15.9 Å². The Bertz CT molecular complexity index is 680. The summed E-state index contributed by atoms with van der Waals surface area (Å²) in [4.78, 5) is 27.3. The quantitative estimate of drug-likeness (QED) is 0.852. The minimum absolute atomic E-state index is 0.176. The van der Waals surface area contributed by atoms with E-state index >= 15 is 0 Å². The number of carbonyl (C=O) groups excluding carboxylic acids is 1.